The molecule has 2 nitrogen and oxygen atoms in total. The maximum Gasteiger partial charge on any atom is 0.199 e. The van der Waals surface area contributed by atoms with Crippen LogP contribution in [0.1, 0.15) is 5.56 Å². The minimum atomic E-state index is -0.416. The summed E-state index contributed by atoms with van der Waals surface area (Å²) in [5.74, 6) is -0.416. The van der Waals surface area contributed by atoms with Crippen molar-refractivity contribution in [2.45, 2.75) is 16.8 Å². The molecule has 0 unspecified atom stereocenters. The molecule has 0 saturated carbocycles. The van der Waals surface area contributed by atoms with E-state index in [-0.39, 0.29) is 0 Å². The Morgan fingerprint density at radius 1 is 1.40 bits per heavy atom. The standard InChI is InChI=1S/C11H8FN2S/c1-8-3-2-4-9(5-8)15-11-10(12)6-13-7-14-11/h2-6H,1H3. The largest absolute Gasteiger partial charge is 0.231 e. The van der Waals surface area contributed by atoms with Gasteiger partial charge >= 0.3 is 0 Å². The fourth-order valence-corrected chi connectivity index (χ4v) is 1.98. The summed E-state index contributed by atoms with van der Waals surface area (Å²) in [6, 6.07) is 7.82. The van der Waals surface area contributed by atoms with Crippen LogP contribution >= 0.6 is 11.8 Å². The minimum Gasteiger partial charge on any atom is -0.231 e. The number of aryl methyl sites for hydroxylation is 1. The lowest BCUT2D eigenvalue weighted by Gasteiger charge is -2.01. The van der Waals surface area contributed by atoms with E-state index >= 15 is 0 Å². The molecule has 0 N–H and O–H groups in total. The van der Waals surface area contributed by atoms with Gasteiger partial charge in [-0.05, 0) is 19.1 Å². The number of hydrogen-bond donors (Lipinski definition) is 0. The van der Waals surface area contributed by atoms with Crippen LogP contribution in [0.25, 0.3) is 0 Å². The summed E-state index contributed by atoms with van der Waals surface area (Å²) in [5, 5.41) is 0.301. The average molecular weight is 219 g/mol. The van der Waals surface area contributed by atoms with Crippen molar-refractivity contribution >= 4 is 11.8 Å². The Hall–Kier alpha value is -1.42. The highest BCUT2D eigenvalue weighted by atomic mass is 32.2. The van der Waals surface area contributed by atoms with Gasteiger partial charge in [0.15, 0.2) is 12.1 Å². The van der Waals surface area contributed by atoms with Crippen LogP contribution in [0.4, 0.5) is 4.39 Å². The van der Waals surface area contributed by atoms with Crippen molar-refractivity contribution in [2.75, 3.05) is 0 Å². The van der Waals surface area contributed by atoms with Gasteiger partial charge in [0.2, 0.25) is 0 Å². The quantitative estimate of drug-likeness (QED) is 0.726. The first-order chi connectivity index (χ1) is 7.25. The molecule has 4 heteroatoms. The molecule has 0 fully saturated rings. The predicted octanol–water partition coefficient (Wildman–Crippen LogP) is 2.88. The van der Waals surface area contributed by atoms with Crippen molar-refractivity contribution in [3.63, 3.8) is 0 Å². The van der Waals surface area contributed by atoms with Crippen LogP contribution in [0, 0.1) is 19.1 Å². The molecule has 1 aromatic carbocycles. The summed E-state index contributed by atoms with van der Waals surface area (Å²) in [7, 11) is 0. The molecule has 0 aliphatic rings. The molecular formula is C11H8FN2S. The Morgan fingerprint density at radius 2 is 2.27 bits per heavy atom. The maximum absolute atomic E-state index is 13.2. The summed E-state index contributed by atoms with van der Waals surface area (Å²) in [5.41, 5.74) is 1.14. The van der Waals surface area contributed by atoms with Crippen LogP contribution in [-0.4, -0.2) is 9.97 Å². The normalized spacial score (nSPS) is 10.3. The molecule has 0 aliphatic heterocycles. The van der Waals surface area contributed by atoms with E-state index in [0.717, 1.165) is 16.7 Å². The Morgan fingerprint density at radius 3 is 3.00 bits per heavy atom. The summed E-state index contributed by atoms with van der Waals surface area (Å²) in [4.78, 5) is 8.19. The zero-order valence-electron chi connectivity index (χ0n) is 8.07. The van der Waals surface area contributed by atoms with Crippen LogP contribution in [0.15, 0.2) is 40.4 Å². The van der Waals surface area contributed by atoms with E-state index in [1.165, 1.54) is 11.8 Å². The van der Waals surface area contributed by atoms with E-state index < -0.39 is 5.82 Å². The fourth-order valence-electron chi connectivity index (χ4n) is 1.13. The highest BCUT2D eigenvalue weighted by Crippen LogP contribution is 2.27. The first kappa shape index (κ1) is 10.1. The van der Waals surface area contributed by atoms with Crippen molar-refractivity contribution < 1.29 is 4.39 Å². The molecule has 1 heterocycles. The zero-order valence-corrected chi connectivity index (χ0v) is 8.88. The Balaban J connectivity index is 2.26. The van der Waals surface area contributed by atoms with Crippen molar-refractivity contribution in [3.05, 3.63) is 48.2 Å². The van der Waals surface area contributed by atoms with Gasteiger partial charge < -0.3 is 0 Å². The fraction of sp³-hybridized carbons (Fsp3) is 0.0909. The van der Waals surface area contributed by atoms with Gasteiger partial charge in [-0.15, -0.1) is 0 Å². The zero-order chi connectivity index (χ0) is 10.7. The summed E-state index contributed by atoms with van der Waals surface area (Å²) in [6.07, 6.45) is 3.49. The molecule has 1 aromatic heterocycles. The average Bonchev–Trinajstić information content (AvgIpc) is 2.22. The highest BCUT2D eigenvalue weighted by molar-refractivity contribution is 7.99. The van der Waals surface area contributed by atoms with Crippen molar-refractivity contribution in [2.24, 2.45) is 0 Å². The molecule has 0 saturated heterocycles. The third kappa shape index (κ3) is 2.53. The molecule has 0 atom stereocenters. The van der Waals surface area contributed by atoms with Gasteiger partial charge in [-0.1, -0.05) is 29.5 Å². The molecule has 75 valence electrons. The van der Waals surface area contributed by atoms with E-state index in [0.29, 0.717) is 5.03 Å². The van der Waals surface area contributed by atoms with Gasteiger partial charge in [0.25, 0.3) is 0 Å². The summed E-state index contributed by atoms with van der Waals surface area (Å²) >= 11 is 1.27. The second-order valence-electron chi connectivity index (χ2n) is 3.04. The maximum atomic E-state index is 13.2. The molecule has 2 aromatic rings. The Bertz CT molecular complexity index is 474. The topological polar surface area (TPSA) is 25.8 Å². The number of benzene rings is 1. The monoisotopic (exact) mass is 219 g/mol. The van der Waals surface area contributed by atoms with Gasteiger partial charge in [-0.3, -0.25) is 0 Å². The molecule has 0 bridgehead atoms. The molecule has 2 rings (SSSR count). The van der Waals surface area contributed by atoms with Crippen molar-refractivity contribution in [3.8, 4) is 0 Å². The molecule has 1 radical (unpaired) electrons. The second kappa shape index (κ2) is 4.40. The molecule has 0 spiro atoms. The minimum absolute atomic E-state index is 0.301. The van der Waals surface area contributed by atoms with Crippen LogP contribution in [-0.2, 0) is 0 Å². The number of hydrogen-bond acceptors (Lipinski definition) is 3. The van der Waals surface area contributed by atoms with E-state index in [9.17, 15) is 4.39 Å². The molecular weight excluding hydrogens is 211 g/mol. The lowest BCUT2D eigenvalue weighted by atomic mass is 10.2. The van der Waals surface area contributed by atoms with Crippen LogP contribution in [0.5, 0.6) is 0 Å². The van der Waals surface area contributed by atoms with Gasteiger partial charge in [0.05, 0.1) is 6.20 Å². The lowest BCUT2D eigenvalue weighted by molar-refractivity contribution is 0.578. The SMILES string of the molecule is Cc1cccc(Sc2n[c]ncc2F)c1. The smallest absolute Gasteiger partial charge is 0.199 e. The number of rotatable bonds is 2. The van der Waals surface area contributed by atoms with Gasteiger partial charge in [-0.25, -0.2) is 14.4 Å². The highest BCUT2D eigenvalue weighted by Gasteiger charge is 2.05. The van der Waals surface area contributed by atoms with Gasteiger partial charge in [-0.2, -0.15) is 0 Å². The first-order valence-corrected chi connectivity index (χ1v) is 5.20. The van der Waals surface area contributed by atoms with E-state index in [1.54, 1.807) is 0 Å². The first-order valence-electron chi connectivity index (χ1n) is 4.39. The third-order valence-electron chi connectivity index (χ3n) is 1.80. The van der Waals surface area contributed by atoms with E-state index in [4.69, 9.17) is 0 Å². The van der Waals surface area contributed by atoms with Crippen molar-refractivity contribution in [1.29, 1.82) is 0 Å². The Kier molecular flexibility index (Phi) is 2.97. The summed E-state index contributed by atoms with van der Waals surface area (Å²) < 4.78 is 13.2. The number of nitrogens with zero attached hydrogens (tertiary/aromatic N) is 2. The molecule has 0 amide bonds. The van der Waals surface area contributed by atoms with Crippen molar-refractivity contribution in [1.82, 2.24) is 9.97 Å². The third-order valence-corrected chi connectivity index (χ3v) is 2.76. The molecule has 0 aliphatic carbocycles. The lowest BCUT2D eigenvalue weighted by Crippen LogP contribution is -1.88. The van der Waals surface area contributed by atoms with Crippen LogP contribution in [0.2, 0.25) is 0 Å². The number of aromatic nitrogens is 2. The Labute approximate surface area is 91.6 Å². The van der Waals surface area contributed by atoms with Gasteiger partial charge in [0.1, 0.15) is 5.03 Å². The van der Waals surface area contributed by atoms with Crippen LogP contribution < -0.4 is 0 Å². The van der Waals surface area contributed by atoms with E-state index in [2.05, 4.69) is 16.3 Å². The number of halogens is 1. The van der Waals surface area contributed by atoms with Crippen LogP contribution in [0.3, 0.4) is 0 Å². The molecule has 15 heavy (non-hydrogen) atoms. The predicted molar refractivity (Wildman–Crippen MR) is 56.1 cm³/mol. The second-order valence-corrected chi connectivity index (χ2v) is 4.10. The van der Waals surface area contributed by atoms with E-state index in [1.807, 2.05) is 31.2 Å². The van der Waals surface area contributed by atoms with Gasteiger partial charge in [0, 0.05) is 4.90 Å². The summed E-state index contributed by atoms with van der Waals surface area (Å²) in [6.45, 7) is 1.99.